The molecule has 1 rings (SSSR count). The summed E-state index contributed by atoms with van der Waals surface area (Å²) in [7, 11) is 3.80. The van der Waals surface area contributed by atoms with Crippen LogP contribution in [0.25, 0.3) is 0 Å². The van der Waals surface area contributed by atoms with Gasteiger partial charge in [0.2, 0.25) is 5.91 Å². The summed E-state index contributed by atoms with van der Waals surface area (Å²) in [6.45, 7) is 0.886. The molecule has 0 aliphatic rings. The second-order valence-electron chi connectivity index (χ2n) is 5.07. The van der Waals surface area contributed by atoms with E-state index in [2.05, 4.69) is 15.9 Å². The maximum Gasteiger partial charge on any atom is 0.323 e. The van der Waals surface area contributed by atoms with Crippen molar-refractivity contribution in [2.75, 3.05) is 33.7 Å². The van der Waals surface area contributed by atoms with E-state index in [4.69, 9.17) is 5.11 Å². The Hall–Kier alpha value is -0.920. The molecule has 0 aromatic carbocycles. The van der Waals surface area contributed by atoms with Crippen LogP contribution in [0.4, 0.5) is 0 Å². The maximum absolute atomic E-state index is 12.1. The van der Waals surface area contributed by atoms with Gasteiger partial charge in [-0.25, -0.2) is 0 Å². The average molecular weight is 377 g/mol. The highest BCUT2D eigenvalue weighted by atomic mass is 79.9. The molecule has 7 heteroatoms. The van der Waals surface area contributed by atoms with E-state index in [1.807, 2.05) is 31.1 Å². The first-order valence-electron chi connectivity index (χ1n) is 6.77. The van der Waals surface area contributed by atoms with Gasteiger partial charge in [0.25, 0.3) is 0 Å². The number of aliphatic carboxylic acids is 1. The van der Waals surface area contributed by atoms with Crippen molar-refractivity contribution in [3.8, 4) is 0 Å². The highest BCUT2D eigenvalue weighted by Crippen LogP contribution is 2.23. The summed E-state index contributed by atoms with van der Waals surface area (Å²) in [5.41, 5.74) is 0. The van der Waals surface area contributed by atoms with Crippen molar-refractivity contribution in [3.05, 3.63) is 20.8 Å². The number of aryl methyl sites for hydroxylation is 1. The van der Waals surface area contributed by atoms with E-state index in [-0.39, 0.29) is 12.5 Å². The highest BCUT2D eigenvalue weighted by Gasteiger charge is 2.16. The molecule has 1 aromatic heterocycles. The van der Waals surface area contributed by atoms with Crippen LogP contribution in [0.5, 0.6) is 0 Å². The van der Waals surface area contributed by atoms with Crippen molar-refractivity contribution in [1.29, 1.82) is 0 Å². The number of carboxylic acids is 1. The molecule has 1 aromatic rings. The SMILES string of the molecule is CN(C)CCN(CC(=O)O)C(=O)CCCc1ccc(Br)s1. The fraction of sp³-hybridized carbons (Fsp3) is 0.571. The van der Waals surface area contributed by atoms with Crippen molar-refractivity contribution in [2.24, 2.45) is 0 Å². The lowest BCUT2D eigenvalue weighted by molar-refractivity contribution is -0.144. The van der Waals surface area contributed by atoms with Crippen LogP contribution in [0.3, 0.4) is 0 Å². The molecule has 21 heavy (non-hydrogen) atoms. The van der Waals surface area contributed by atoms with Crippen molar-refractivity contribution in [3.63, 3.8) is 0 Å². The molecule has 0 fully saturated rings. The van der Waals surface area contributed by atoms with E-state index in [1.165, 1.54) is 9.78 Å². The van der Waals surface area contributed by atoms with Crippen molar-refractivity contribution >= 4 is 39.1 Å². The molecule has 1 heterocycles. The number of carbonyl (C=O) groups excluding carboxylic acids is 1. The van der Waals surface area contributed by atoms with Gasteiger partial charge in [-0.05, 0) is 55.0 Å². The zero-order valence-corrected chi connectivity index (χ0v) is 14.7. The zero-order valence-electron chi connectivity index (χ0n) is 12.3. The van der Waals surface area contributed by atoms with Gasteiger partial charge < -0.3 is 14.9 Å². The summed E-state index contributed by atoms with van der Waals surface area (Å²) in [5.74, 6) is -1.06. The third-order valence-corrected chi connectivity index (χ3v) is 4.62. The Morgan fingerprint density at radius 2 is 2.00 bits per heavy atom. The summed E-state index contributed by atoms with van der Waals surface area (Å²) in [4.78, 5) is 27.6. The predicted molar refractivity (Wildman–Crippen MR) is 87.7 cm³/mol. The molecule has 0 aliphatic carbocycles. The first kappa shape index (κ1) is 18.1. The van der Waals surface area contributed by atoms with E-state index in [0.717, 1.165) is 16.6 Å². The fourth-order valence-electron chi connectivity index (χ4n) is 1.83. The lowest BCUT2D eigenvalue weighted by Crippen LogP contribution is -2.39. The third-order valence-electron chi connectivity index (χ3n) is 2.94. The number of amides is 1. The van der Waals surface area contributed by atoms with Crippen LogP contribution in [-0.4, -0.2) is 60.5 Å². The number of hydrogen-bond acceptors (Lipinski definition) is 4. The second-order valence-corrected chi connectivity index (χ2v) is 7.62. The number of thiophene rings is 1. The number of likely N-dealkylation sites (N-methyl/N-ethyl adjacent to an activating group) is 1. The first-order valence-corrected chi connectivity index (χ1v) is 8.38. The van der Waals surface area contributed by atoms with Crippen molar-refractivity contribution in [2.45, 2.75) is 19.3 Å². The molecule has 118 valence electrons. The molecule has 1 amide bonds. The van der Waals surface area contributed by atoms with Crippen LogP contribution in [0.1, 0.15) is 17.7 Å². The minimum Gasteiger partial charge on any atom is -0.480 e. The Morgan fingerprint density at radius 3 is 2.52 bits per heavy atom. The number of hydrogen-bond donors (Lipinski definition) is 1. The molecular formula is C14H21BrN2O3S. The monoisotopic (exact) mass is 376 g/mol. The molecule has 0 spiro atoms. The van der Waals surface area contributed by atoms with Gasteiger partial charge in [-0.1, -0.05) is 0 Å². The quantitative estimate of drug-likeness (QED) is 0.718. The van der Waals surface area contributed by atoms with Crippen molar-refractivity contribution < 1.29 is 14.7 Å². The van der Waals surface area contributed by atoms with Gasteiger partial charge in [0.15, 0.2) is 0 Å². The number of rotatable bonds is 9. The zero-order chi connectivity index (χ0) is 15.8. The summed E-state index contributed by atoms with van der Waals surface area (Å²) in [5, 5.41) is 8.89. The number of nitrogens with zero attached hydrogens (tertiary/aromatic N) is 2. The Bertz CT molecular complexity index is 477. The van der Waals surface area contributed by atoms with Gasteiger partial charge >= 0.3 is 5.97 Å². The molecule has 0 unspecified atom stereocenters. The van der Waals surface area contributed by atoms with Crippen LogP contribution < -0.4 is 0 Å². The smallest absolute Gasteiger partial charge is 0.323 e. The van der Waals surface area contributed by atoms with Gasteiger partial charge in [-0.2, -0.15) is 0 Å². The van der Waals surface area contributed by atoms with Gasteiger partial charge in [0, 0.05) is 24.4 Å². The molecule has 1 N–H and O–H groups in total. The standard InChI is InChI=1S/C14H21BrN2O3S/c1-16(2)8-9-17(10-14(19)20)13(18)5-3-4-11-6-7-12(15)21-11/h6-7H,3-5,8-10H2,1-2H3,(H,19,20). The molecule has 0 aliphatic heterocycles. The molecule has 0 saturated carbocycles. The summed E-state index contributed by atoms with van der Waals surface area (Å²) in [6.07, 6.45) is 1.97. The number of halogens is 1. The van der Waals surface area contributed by atoms with Gasteiger partial charge in [-0.3, -0.25) is 9.59 Å². The Balaban J connectivity index is 2.41. The Morgan fingerprint density at radius 1 is 1.29 bits per heavy atom. The van der Waals surface area contributed by atoms with E-state index in [1.54, 1.807) is 11.3 Å². The Labute approximate surface area is 137 Å². The van der Waals surface area contributed by atoms with Gasteiger partial charge in [-0.15, -0.1) is 11.3 Å². The normalized spacial score (nSPS) is 10.9. The van der Waals surface area contributed by atoms with E-state index in [0.29, 0.717) is 19.5 Å². The lowest BCUT2D eigenvalue weighted by Gasteiger charge is -2.22. The average Bonchev–Trinajstić information content (AvgIpc) is 2.79. The number of carboxylic acid groups (broad SMARTS) is 1. The van der Waals surface area contributed by atoms with Crippen molar-refractivity contribution in [1.82, 2.24) is 9.80 Å². The van der Waals surface area contributed by atoms with Crippen LogP contribution in [0.15, 0.2) is 15.9 Å². The first-order chi connectivity index (χ1) is 9.88. The Kier molecular flexibility index (Phi) is 7.92. The molecule has 0 atom stereocenters. The van der Waals surface area contributed by atoms with Crippen LogP contribution >= 0.6 is 27.3 Å². The second kappa shape index (κ2) is 9.17. The molecular weight excluding hydrogens is 356 g/mol. The minimum atomic E-state index is -0.968. The fourth-order valence-corrected chi connectivity index (χ4v) is 3.36. The lowest BCUT2D eigenvalue weighted by atomic mass is 10.2. The van der Waals surface area contributed by atoms with E-state index in [9.17, 15) is 9.59 Å². The topological polar surface area (TPSA) is 60.9 Å². The number of carbonyl (C=O) groups is 2. The summed E-state index contributed by atoms with van der Waals surface area (Å²) < 4.78 is 1.09. The molecule has 0 bridgehead atoms. The van der Waals surface area contributed by atoms with E-state index >= 15 is 0 Å². The molecule has 0 radical (unpaired) electrons. The highest BCUT2D eigenvalue weighted by molar-refractivity contribution is 9.11. The molecule has 5 nitrogen and oxygen atoms in total. The largest absolute Gasteiger partial charge is 0.480 e. The summed E-state index contributed by atoms with van der Waals surface area (Å²) in [6, 6.07) is 4.04. The molecule has 0 saturated heterocycles. The van der Waals surface area contributed by atoms with Crippen LogP contribution in [0, 0.1) is 0 Å². The minimum absolute atomic E-state index is 0.0881. The van der Waals surface area contributed by atoms with Crippen LogP contribution in [0.2, 0.25) is 0 Å². The predicted octanol–water partition coefficient (Wildman–Crippen LogP) is 2.31. The summed E-state index contributed by atoms with van der Waals surface area (Å²) >= 11 is 5.07. The van der Waals surface area contributed by atoms with Gasteiger partial charge in [0.05, 0.1) is 3.79 Å². The van der Waals surface area contributed by atoms with Gasteiger partial charge in [0.1, 0.15) is 6.54 Å². The van der Waals surface area contributed by atoms with Crippen LogP contribution in [-0.2, 0) is 16.0 Å². The maximum atomic E-state index is 12.1. The van der Waals surface area contributed by atoms with E-state index < -0.39 is 5.97 Å². The third kappa shape index (κ3) is 7.59.